The predicted octanol–water partition coefficient (Wildman–Crippen LogP) is 5.32. The number of anilines is 1. The first-order chi connectivity index (χ1) is 14.7. The molecule has 30 heavy (non-hydrogen) atoms. The Hall–Kier alpha value is -3.25. The van der Waals surface area contributed by atoms with Gasteiger partial charge >= 0.3 is 0 Å². The second kappa shape index (κ2) is 7.88. The van der Waals surface area contributed by atoms with E-state index in [-0.39, 0.29) is 0 Å². The summed E-state index contributed by atoms with van der Waals surface area (Å²) >= 11 is 0. The van der Waals surface area contributed by atoms with Gasteiger partial charge in [-0.3, -0.25) is 4.72 Å². The van der Waals surface area contributed by atoms with Crippen molar-refractivity contribution in [3.05, 3.63) is 78.8 Å². The van der Waals surface area contributed by atoms with Crippen molar-refractivity contribution in [2.75, 3.05) is 11.8 Å². The SMILES string of the molecule is COc1cc(C2CC2)ccc1-c1cccc2cc(S(=O)Nc3ccncn3)ccc12. The molecule has 0 saturated heterocycles. The number of nitrogens with zero attached hydrogens (tertiary/aromatic N) is 2. The van der Waals surface area contributed by atoms with E-state index in [0.717, 1.165) is 27.6 Å². The van der Waals surface area contributed by atoms with Crippen molar-refractivity contribution in [1.29, 1.82) is 0 Å². The molecule has 3 aromatic carbocycles. The zero-order chi connectivity index (χ0) is 20.5. The van der Waals surface area contributed by atoms with Crippen molar-refractivity contribution in [1.82, 2.24) is 9.97 Å². The first-order valence-corrected chi connectivity index (χ1v) is 11.0. The normalized spacial score (nSPS) is 14.4. The number of hydrogen-bond donors (Lipinski definition) is 1. The van der Waals surface area contributed by atoms with Gasteiger partial charge in [-0.05, 0) is 64.9 Å². The Morgan fingerprint density at radius 3 is 2.70 bits per heavy atom. The van der Waals surface area contributed by atoms with Crippen LogP contribution in [0.15, 0.2) is 78.1 Å². The van der Waals surface area contributed by atoms with E-state index in [9.17, 15) is 4.21 Å². The van der Waals surface area contributed by atoms with Gasteiger partial charge in [-0.15, -0.1) is 0 Å². The van der Waals surface area contributed by atoms with E-state index < -0.39 is 11.0 Å². The minimum absolute atomic E-state index is 0.526. The molecule has 1 N–H and O–H groups in total. The van der Waals surface area contributed by atoms with Crippen LogP contribution in [0.5, 0.6) is 5.75 Å². The summed E-state index contributed by atoms with van der Waals surface area (Å²) in [5.41, 5.74) is 3.53. The second-order valence-electron chi connectivity index (χ2n) is 7.39. The third-order valence-electron chi connectivity index (χ3n) is 5.41. The van der Waals surface area contributed by atoms with Crippen molar-refractivity contribution < 1.29 is 8.95 Å². The van der Waals surface area contributed by atoms with E-state index in [1.807, 2.05) is 30.3 Å². The minimum Gasteiger partial charge on any atom is -0.496 e. The molecule has 150 valence electrons. The van der Waals surface area contributed by atoms with Gasteiger partial charge in [-0.25, -0.2) is 14.2 Å². The summed E-state index contributed by atoms with van der Waals surface area (Å²) in [5.74, 6) is 2.10. The van der Waals surface area contributed by atoms with Crippen molar-refractivity contribution in [2.45, 2.75) is 23.7 Å². The molecule has 0 amide bonds. The molecule has 0 spiro atoms. The van der Waals surface area contributed by atoms with E-state index in [2.05, 4.69) is 39.0 Å². The van der Waals surface area contributed by atoms with Gasteiger partial charge in [0.25, 0.3) is 0 Å². The van der Waals surface area contributed by atoms with Crippen molar-refractivity contribution >= 4 is 27.6 Å². The van der Waals surface area contributed by atoms with Gasteiger partial charge < -0.3 is 4.74 Å². The van der Waals surface area contributed by atoms with Crippen LogP contribution in [0, 0.1) is 0 Å². The fourth-order valence-corrected chi connectivity index (χ4v) is 4.57. The number of methoxy groups -OCH3 is 1. The van der Waals surface area contributed by atoms with Crippen LogP contribution < -0.4 is 9.46 Å². The topological polar surface area (TPSA) is 64.1 Å². The molecule has 1 fully saturated rings. The summed E-state index contributed by atoms with van der Waals surface area (Å²) < 4.78 is 21.4. The summed E-state index contributed by atoms with van der Waals surface area (Å²) in [4.78, 5) is 8.64. The van der Waals surface area contributed by atoms with Gasteiger partial charge in [0.05, 0.1) is 12.0 Å². The van der Waals surface area contributed by atoms with Crippen LogP contribution in [0.3, 0.4) is 0 Å². The molecule has 5 nitrogen and oxygen atoms in total. The molecule has 4 aromatic rings. The molecule has 6 heteroatoms. The highest BCUT2D eigenvalue weighted by Crippen LogP contribution is 2.44. The lowest BCUT2D eigenvalue weighted by Gasteiger charge is -2.14. The molecule has 0 bridgehead atoms. The molecule has 1 saturated carbocycles. The number of nitrogens with one attached hydrogen (secondary N) is 1. The average molecular weight is 416 g/mol. The third kappa shape index (κ3) is 3.66. The fourth-order valence-electron chi connectivity index (χ4n) is 3.72. The van der Waals surface area contributed by atoms with Gasteiger partial charge in [-0.2, -0.15) is 0 Å². The average Bonchev–Trinajstić information content (AvgIpc) is 3.64. The second-order valence-corrected chi connectivity index (χ2v) is 8.60. The Morgan fingerprint density at radius 1 is 1.03 bits per heavy atom. The number of hydrogen-bond acceptors (Lipinski definition) is 4. The van der Waals surface area contributed by atoms with Crippen LogP contribution in [0.2, 0.25) is 0 Å². The lowest BCUT2D eigenvalue weighted by atomic mass is 9.96. The summed E-state index contributed by atoms with van der Waals surface area (Å²) in [7, 11) is 0.309. The quantitative estimate of drug-likeness (QED) is 0.463. The molecule has 1 unspecified atom stereocenters. The number of fused-ring (bicyclic) bond motifs is 1. The Labute approximate surface area is 177 Å². The Bertz CT molecular complexity index is 1240. The predicted molar refractivity (Wildman–Crippen MR) is 120 cm³/mol. The summed E-state index contributed by atoms with van der Waals surface area (Å²) in [6.07, 6.45) is 5.56. The monoisotopic (exact) mass is 415 g/mol. The van der Waals surface area contributed by atoms with Crippen LogP contribution in [0.4, 0.5) is 5.82 Å². The molecule has 1 aliphatic carbocycles. The van der Waals surface area contributed by atoms with E-state index in [1.165, 1.54) is 24.7 Å². The number of ether oxygens (including phenoxy) is 1. The molecule has 1 heterocycles. The van der Waals surface area contributed by atoms with Gasteiger partial charge in [-0.1, -0.05) is 36.4 Å². The maximum Gasteiger partial charge on any atom is 0.151 e. The van der Waals surface area contributed by atoms with E-state index in [0.29, 0.717) is 16.6 Å². The Balaban J connectivity index is 1.51. The lowest BCUT2D eigenvalue weighted by molar-refractivity contribution is 0.416. The molecule has 5 rings (SSSR count). The van der Waals surface area contributed by atoms with Crippen molar-refractivity contribution in [3.63, 3.8) is 0 Å². The van der Waals surface area contributed by atoms with Gasteiger partial charge in [0.15, 0.2) is 11.0 Å². The highest BCUT2D eigenvalue weighted by molar-refractivity contribution is 7.86. The van der Waals surface area contributed by atoms with Gasteiger partial charge in [0.2, 0.25) is 0 Å². The highest BCUT2D eigenvalue weighted by atomic mass is 32.2. The van der Waals surface area contributed by atoms with Gasteiger partial charge in [0.1, 0.15) is 17.9 Å². The molecule has 1 aliphatic rings. The molecule has 0 radical (unpaired) electrons. The third-order valence-corrected chi connectivity index (χ3v) is 6.49. The molecule has 0 aliphatic heterocycles. The van der Waals surface area contributed by atoms with Crippen LogP contribution >= 0.6 is 0 Å². The highest BCUT2D eigenvalue weighted by Gasteiger charge is 2.24. The van der Waals surface area contributed by atoms with Crippen LogP contribution in [0.25, 0.3) is 21.9 Å². The van der Waals surface area contributed by atoms with E-state index >= 15 is 0 Å². The largest absolute Gasteiger partial charge is 0.496 e. The summed E-state index contributed by atoms with van der Waals surface area (Å²) in [6.45, 7) is 0. The number of rotatable bonds is 6. The van der Waals surface area contributed by atoms with Crippen LogP contribution in [-0.2, 0) is 11.0 Å². The van der Waals surface area contributed by atoms with Gasteiger partial charge in [0, 0.05) is 11.8 Å². The Kier molecular flexibility index (Phi) is 4.93. The molecular formula is C24H21N3O2S. The van der Waals surface area contributed by atoms with Crippen molar-refractivity contribution in [3.8, 4) is 16.9 Å². The molecule has 1 atom stereocenters. The molecular weight excluding hydrogens is 394 g/mol. The lowest BCUT2D eigenvalue weighted by Crippen LogP contribution is -2.06. The first-order valence-electron chi connectivity index (χ1n) is 9.88. The fraction of sp³-hybridized carbons (Fsp3) is 0.167. The van der Waals surface area contributed by atoms with E-state index in [4.69, 9.17) is 4.74 Å². The van der Waals surface area contributed by atoms with Crippen LogP contribution in [0.1, 0.15) is 24.3 Å². The summed E-state index contributed by atoms with van der Waals surface area (Å²) in [5, 5.41) is 2.12. The number of benzene rings is 3. The maximum atomic E-state index is 12.7. The van der Waals surface area contributed by atoms with Crippen molar-refractivity contribution in [2.24, 2.45) is 0 Å². The zero-order valence-electron chi connectivity index (χ0n) is 16.5. The minimum atomic E-state index is -1.41. The smallest absolute Gasteiger partial charge is 0.151 e. The number of aromatic nitrogens is 2. The molecule has 1 aromatic heterocycles. The summed E-state index contributed by atoms with van der Waals surface area (Å²) in [6, 6.07) is 20.3. The standard InChI is InChI=1S/C24H21N3O2S/c1-29-23-14-17(16-5-6-16)7-9-22(23)21-4-2-3-18-13-19(8-10-20(18)21)30(28)27-24-11-12-25-15-26-24/h2-4,7-16H,5-6H2,1H3,(H,25,26,27). The van der Waals surface area contributed by atoms with E-state index in [1.54, 1.807) is 19.4 Å². The zero-order valence-corrected chi connectivity index (χ0v) is 17.4. The van der Waals surface area contributed by atoms with Crippen LogP contribution in [-0.4, -0.2) is 21.3 Å². The first kappa shape index (κ1) is 18.8. The Morgan fingerprint density at radius 2 is 1.93 bits per heavy atom. The maximum absolute atomic E-state index is 12.7.